The molecule has 5 heteroatoms. The largest absolute Gasteiger partial charge is 0.382 e. The summed E-state index contributed by atoms with van der Waals surface area (Å²) in [4.78, 5) is 12.1. The first-order valence-electron chi connectivity index (χ1n) is 7.29. The van der Waals surface area contributed by atoms with Gasteiger partial charge in [0, 0.05) is 5.56 Å². The van der Waals surface area contributed by atoms with Gasteiger partial charge in [-0.15, -0.1) is 0 Å². The standard InChI is InChI=1S/C18H19F2NO2/c1-12(18(2,23)17(19)20)21-16(22)15-10-8-14(9-11-15)13-6-4-3-5-7-13/h3-12,17,23H,1-2H3,(H,21,22)/t12-,18+/m1/s1. The number of nitrogens with one attached hydrogen (secondary N) is 1. The van der Waals surface area contributed by atoms with Gasteiger partial charge in [0.25, 0.3) is 12.3 Å². The van der Waals surface area contributed by atoms with Gasteiger partial charge >= 0.3 is 0 Å². The Kier molecular flexibility index (Phi) is 5.11. The zero-order valence-corrected chi connectivity index (χ0v) is 13.0. The van der Waals surface area contributed by atoms with Gasteiger partial charge in [0.05, 0.1) is 6.04 Å². The first-order valence-corrected chi connectivity index (χ1v) is 7.29. The van der Waals surface area contributed by atoms with Crippen molar-refractivity contribution in [3.05, 3.63) is 60.2 Å². The Hall–Kier alpha value is -2.27. The monoisotopic (exact) mass is 319 g/mol. The predicted octanol–water partition coefficient (Wildman–Crippen LogP) is 3.49. The third-order valence-corrected chi connectivity index (χ3v) is 3.92. The average Bonchev–Trinajstić information content (AvgIpc) is 2.55. The Balaban J connectivity index is 2.09. The highest BCUT2D eigenvalue weighted by Crippen LogP contribution is 2.21. The number of halogens is 2. The van der Waals surface area contributed by atoms with Crippen molar-refractivity contribution in [1.29, 1.82) is 0 Å². The molecule has 0 aliphatic heterocycles. The summed E-state index contributed by atoms with van der Waals surface area (Å²) in [6.45, 7) is 2.35. The predicted molar refractivity (Wildman–Crippen MR) is 85.4 cm³/mol. The van der Waals surface area contributed by atoms with Crippen LogP contribution in [-0.4, -0.2) is 29.1 Å². The summed E-state index contributed by atoms with van der Waals surface area (Å²) in [6, 6.07) is 15.4. The lowest BCUT2D eigenvalue weighted by Gasteiger charge is -2.29. The molecule has 0 saturated carbocycles. The molecule has 122 valence electrons. The van der Waals surface area contributed by atoms with E-state index in [2.05, 4.69) is 5.32 Å². The molecule has 2 aromatic carbocycles. The molecule has 0 unspecified atom stereocenters. The van der Waals surface area contributed by atoms with Crippen molar-refractivity contribution < 1.29 is 18.7 Å². The van der Waals surface area contributed by atoms with Crippen LogP contribution in [0.5, 0.6) is 0 Å². The molecule has 0 aliphatic carbocycles. The topological polar surface area (TPSA) is 49.3 Å². The van der Waals surface area contributed by atoms with Crippen LogP contribution in [0.4, 0.5) is 8.78 Å². The number of carbonyl (C=O) groups excluding carboxylic acids is 1. The maximum absolute atomic E-state index is 12.8. The Labute approximate surface area is 134 Å². The zero-order valence-electron chi connectivity index (χ0n) is 13.0. The minimum absolute atomic E-state index is 0.349. The average molecular weight is 319 g/mol. The highest BCUT2D eigenvalue weighted by atomic mass is 19.3. The lowest BCUT2D eigenvalue weighted by molar-refractivity contribution is -0.0996. The van der Waals surface area contributed by atoms with Gasteiger partial charge in [0.2, 0.25) is 0 Å². The van der Waals surface area contributed by atoms with Crippen molar-refractivity contribution in [2.45, 2.75) is 31.9 Å². The van der Waals surface area contributed by atoms with E-state index in [1.54, 1.807) is 24.3 Å². The van der Waals surface area contributed by atoms with E-state index in [1.165, 1.54) is 6.92 Å². The molecule has 2 atom stereocenters. The molecular weight excluding hydrogens is 300 g/mol. The summed E-state index contributed by atoms with van der Waals surface area (Å²) in [6.07, 6.45) is -2.95. The number of alkyl halides is 2. The van der Waals surface area contributed by atoms with Crippen LogP contribution >= 0.6 is 0 Å². The van der Waals surface area contributed by atoms with Crippen molar-refractivity contribution in [3.8, 4) is 11.1 Å². The Morgan fingerprint density at radius 3 is 2.09 bits per heavy atom. The summed E-state index contributed by atoms with van der Waals surface area (Å²) in [5, 5.41) is 12.1. The second-order valence-corrected chi connectivity index (χ2v) is 5.67. The molecule has 3 nitrogen and oxygen atoms in total. The Bertz CT molecular complexity index is 654. The van der Waals surface area contributed by atoms with Crippen LogP contribution in [0.1, 0.15) is 24.2 Å². The lowest BCUT2D eigenvalue weighted by Crippen LogP contribution is -2.53. The zero-order chi connectivity index (χ0) is 17.0. The van der Waals surface area contributed by atoms with E-state index in [4.69, 9.17) is 0 Å². The number of carbonyl (C=O) groups is 1. The van der Waals surface area contributed by atoms with Gasteiger partial charge in [-0.05, 0) is 37.1 Å². The summed E-state index contributed by atoms with van der Waals surface area (Å²) in [5.41, 5.74) is 0.0458. The van der Waals surface area contributed by atoms with Gasteiger partial charge in [-0.25, -0.2) is 8.78 Å². The van der Waals surface area contributed by atoms with E-state index in [9.17, 15) is 18.7 Å². The summed E-state index contributed by atoms with van der Waals surface area (Å²) >= 11 is 0. The number of aliphatic hydroxyl groups is 1. The lowest BCUT2D eigenvalue weighted by atomic mass is 9.98. The molecule has 0 heterocycles. The molecule has 0 saturated heterocycles. The molecule has 0 spiro atoms. The van der Waals surface area contributed by atoms with E-state index in [1.807, 2.05) is 30.3 Å². The van der Waals surface area contributed by atoms with E-state index >= 15 is 0 Å². The summed E-state index contributed by atoms with van der Waals surface area (Å²) in [5.74, 6) is -0.502. The van der Waals surface area contributed by atoms with Crippen LogP contribution in [0, 0.1) is 0 Å². The van der Waals surface area contributed by atoms with Gasteiger partial charge in [-0.2, -0.15) is 0 Å². The highest BCUT2D eigenvalue weighted by Gasteiger charge is 2.39. The number of benzene rings is 2. The first-order chi connectivity index (χ1) is 10.8. The SMILES string of the molecule is C[C@@H](NC(=O)c1ccc(-c2ccccc2)cc1)[C@](C)(O)C(F)F. The fraction of sp³-hybridized carbons (Fsp3) is 0.278. The molecule has 0 aliphatic rings. The molecule has 0 radical (unpaired) electrons. The van der Waals surface area contributed by atoms with Crippen molar-refractivity contribution in [2.75, 3.05) is 0 Å². The van der Waals surface area contributed by atoms with E-state index < -0.39 is 24.0 Å². The van der Waals surface area contributed by atoms with E-state index in [0.717, 1.165) is 18.1 Å². The summed E-state index contributed by atoms with van der Waals surface area (Å²) < 4.78 is 25.5. The van der Waals surface area contributed by atoms with E-state index in [-0.39, 0.29) is 0 Å². The number of hydrogen-bond donors (Lipinski definition) is 2. The number of rotatable bonds is 5. The molecule has 2 rings (SSSR count). The molecule has 0 fully saturated rings. The highest BCUT2D eigenvalue weighted by molar-refractivity contribution is 5.94. The maximum atomic E-state index is 12.8. The first kappa shape index (κ1) is 17.1. The molecule has 0 bridgehead atoms. The molecule has 23 heavy (non-hydrogen) atoms. The van der Waals surface area contributed by atoms with Gasteiger partial charge < -0.3 is 10.4 Å². The van der Waals surface area contributed by atoms with Crippen molar-refractivity contribution >= 4 is 5.91 Å². The normalized spacial score (nSPS) is 15.0. The number of amides is 1. The van der Waals surface area contributed by atoms with Gasteiger partial charge in [-0.3, -0.25) is 4.79 Å². The minimum Gasteiger partial charge on any atom is -0.382 e. The summed E-state index contributed by atoms with van der Waals surface area (Å²) in [7, 11) is 0. The van der Waals surface area contributed by atoms with Crippen molar-refractivity contribution in [3.63, 3.8) is 0 Å². The van der Waals surface area contributed by atoms with Crippen LogP contribution in [0.15, 0.2) is 54.6 Å². The van der Waals surface area contributed by atoms with Gasteiger partial charge in [-0.1, -0.05) is 42.5 Å². The molecule has 2 N–H and O–H groups in total. The van der Waals surface area contributed by atoms with Crippen LogP contribution in [0.2, 0.25) is 0 Å². The fourth-order valence-electron chi connectivity index (χ4n) is 2.06. The third kappa shape index (κ3) is 3.93. The number of hydrogen-bond acceptors (Lipinski definition) is 2. The quantitative estimate of drug-likeness (QED) is 0.886. The molecule has 0 aromatic heterocycles. The Morgan fingerprint density at radius 2 is 1.57 bits per heavy atom. The van der Waals surface area contributed by atoms with Gasteiger partial charge in [0.1, 0.15) is 5.60 Å². The fourth-order valence-corrected chi connectivity index (χ4v) is 2.06. The Morgan fingerprint density at radius 1 is 1.04 bits per heavy atom. The van der Waals surface area contributed by atoms with Crippen molar-refractivity contribution in [1.82, 2.24) is 5.32 Å². The molecule has 2 aromatic rings. The molecular formula is C18H19F2NO2. The minimum atomic E-state index is -2.95. The van der Waals surface area contributed by atoms with E-state index in [0.29, 0.717) is 5.56 Å². The maximum Gasteiger partial charge on any atom is 0.268 e. The molecule has 1 amide bonds. The van der Waals surface area contributed by atoms with Crippen LogP contribution < -0.4 is 5.32 Å². The van der Waals surface area contributed by atoms with Gasteiger partial charge in [0.15, 0.2) is 0 Å². The van der Waals surface area contributed by atoms with Crippen molar-refractivity contribution in [2.24, 2.45) is 0 Å². The van der Waals surface area contributed by atoms with Crippen LogP contribution in [0.3, 0.4) is 0 Å². The third-order valence-electron chi connectivity index (χ3n) is 3.92. The second kappa shape index (κ2) is 6.87. The second-order valence-electron chi connectivity index (χ2n) is 5.67. The van der Waals surface area contributed by atoms with Crippen LogP contribution in [0.25, 0.3) is 11.1 Å². The van der Waals surface area contributed by atoms with Crippen LogP contribution in [-0.2, 0) is 0 Å². The smallest absolute Gasteiger partial charge is 0.268 e.